The molecule has 0 saturated carbocycles. The summed E-state index contributed by atoms with van der Waals surface area (Å²) in [6.45, 7) is 2.49. The first-order valence-corrected chi connectivity index (χ1v) is 23.9. The number of rotatable bonds is 2. The van der Waals surface area contributed by atoms with Crippen LogP contribution in [0.15, 0.2) is 63.5 Å². The van der Waals surface area contributed by atoms with Crippen LogP contribution in [0.1, 0.15) is 28.1 Å². The number of halogens is 2. The normalized spacial score (nSPS) is 21.1. The minimum absolute atomic E-state index is 0. The summed E-state index contributed by atoms with van der Waals surface area (Å²) in [5, 5.41) is 2.91. The van der Waals surface area contributed by atoms with Gasteiger partial charge in [-0.2, -0.15) is 0 Å². The minimum Gasteiger partial charge on any atom is -1.00 e. The SMILES string of the molecule is CC1=Cc2c(ccc3ccccc23)[CH]1[Zr+2]1([C]2=CC=CC2)=[Si]2CC[Si]=1CC2.[Cl-].[Cl-]. The van der Waals surface area contributed by atoms with Crippen LogP contribution in [0.25, 0.3) is 16.8 Å². The Bertz CT molecular complexity index is 1170. The van der Waals surface area contributed by atoms with Gasteiger partial charge in [0, 0.05) is 0 Å². The van der Waals surface area contributed by atoms with Gasteiger partial charge in [0.05, 0.1) is 0 Å². The zero-order chi connectivity index (χ0) is 17.3. The van der Waals surface area contributed by atoms with E-state index in [0.29, 0.717) is 0 Å². The van der Waals surface area contributed by atoms with Crippen molar-refractivity contribution in [3.8, 4) is 0 Å². The summed E-state index contributed by atoms with van der Waals surface area (Å²) >= 11 is -2.31. The standard InChI is InChI=1S/C14H11.C5H5.C4H8Si2.2ClH.Zr/c1-10-8-12-7-6-11-4-2-3-5-13(11)14(12)9-10;1-2-4-5-3-1;1-2-6-4-3-5-1;;;/h2-9H,1H3;1-3H,4H2;1-4H2;2*1H;/q;;;;;+2/p-2. The van der Waals surface area contributed by atoms with Gasteiger partial charge in [-0.1, -0.05) is 0 Å². The zero-order valence-electron chi connectivity index (χ0n) is 16.1. The molecule has 4 aliphatic rings. The van der Waals surface area contributed by atoms with Crippen LogP contribution in [0.4, 0.5) is 0 Å². The van der Waals surface area contributed by atoms with Crippen LogP contribution in [-0.2, 0) is 17.5 Å². The number of benzene rings is 2. The largest absolute Gasteiger partial charge is 1.00 e. The smallest absolute Gasteiger partial charge is 1.00 e. The van der Waals surface area contributed by atoms with Crippen LogP contribution >= 0.6 is 0 Å². The van der Waals surface area contributed by atoms with Gasteiger partial charge in [-0.05, 0) is 0 Å². The summed E-state index contributed by atoms with van der Waals surface area (Å²) in [4.78, 5) is 0. The van der Waals surface area contributed by atoms with E-state index in [-0.39, 0.29) is 35.7 Å². The van der Waals surface area contributed by atoms with Crippen molar-refractivity contribution >= 4 is 27.7 Å². The van der Waals surface area contributed by atoms with E-state index in [4.69, 9.17) is 0 Å². The molecule has 2 aliphatic heterocycles. The fourth-order valence-electron chi connectivity index (χ4n) is 6.54. The molecular formula is C23H24Cl2Si2Zr. The maximum atomic E-state index is 2.62. The topological polar surface area (TPSA) is 0 Å². The Morgan fingerprint density at radius 2 is 1.64 bits per heavy atom. The second-order valence-electron chi connectivity index (χ2n) is 8.45. The molecule has 2 aliphatic carbocycles. The fraction of sp³-hybridized carbons (Fsp3) is 0.304. The van der Waals surface area contributed by atoms with Crippen LogP contribution in [0.3, 0.4) is 0 Å². The van der Waals surface area contributed by atoms with E-state index >= 15 is 0 Å². The Hall–Kier alpha value is -0.183. The zero-order valence-corrected chi connectivity index (χ0v) is 22.1. The predicted octanol–water partition coefficient (Wildman–Crippen LogP) is 0.314. The first-order valence-electron chi connectivity index (χ1n) is 10.1. The van der Waals surface area contributed by atoms with Crippen molar-refractivity contribution in [3.05, 3.63) is 74.6 Å². The van der Waals surface area contributed by atoms with E-state index in [2.05, 4.69) is 67.6 Å². The molecule has 0 saturated heterocycles. The van der Waals surface area contributed by atoms with Gasteiger partial charge in [0.2, 0.25) is 0 Å². The van der Waals surface area contributed by atoms with Crippen LogP contribution in [0.5, 0.6) is 0 Å². The number of fused-ring (bicyclic) bond motifs is 3. The van der Waals surface area contributed by atoms with Crippen molar-refractivity contribution in [1.82, 2.24) is 0 Å². The van der Waals surface area contributed by atoms with Gasteiger partial charge in [0.25, 0.3) is 0 Å². The molecule has 1 atom stereocenters. The van der Waals surface area contributed by atoms with E-state index in [1.807, 2.05) is 3.28 Å². The summed E-state index contributed by atoms with van der Waals surface area (Å²) in [5.74, 6) is 0. The van der Waals surface area contributed by atoms with Crippen molar-refractivity contribution in [3.63, 3.8) is 0 Å². The van der Waals surface area contributed by atoms with E-state index in [0.717, 1.165) is 3.63 Å². The molecule has 0 spiro atoms. The van der Waals surface area contributed by atoms with Gasteiger partial charge in [-0.25, -0.2) is 0 Å². The van der Waals surface area contributed by atoms with Crippen molar-refractivity contribution in [1.29, 1.82) is 0 Å². The summed E-state index contributed by atoms with van der Waals surface area (Å²) in [5.41, 5.74) is 4.96. The molecule has 6 rings (SSSR count). The Labute approximate surface area is 184 Å². The van der Waals surface area contributed by atoms with Gasteiger partial charge in [-0.3, -0.25) is 0 Å². The summed E-state index contributed by atoms with van der Waals surface area (Å²) in [7, 11) is 0. The number of hydrogen-bond acceptors (Lipinski definition) is 0. The summed E-state index contributed by atoms with van der Waals surface area (Å²) in [6, 6.07) is 20.7. The van der Waals surface area contributed by atoms with Crippen LogP contribution < -0.4 is 24.8 Å². The molecule has 28 heavy (non-hydrogen) atoms. The number of allylic oxidation sites excluding steroid dienone is 5. The Morgan fingerprint density at radius 1 is 0.929 bits per heavy atom. The first-order chi connectivity index (χ1) is 12.8. The van der Waals surface area contributed by atoms with E-state index < -0.39 is 17.5 Å². The van der Waals surface area contributed by atoms with E-state index in [9.17, 15) is 0 Å². The maximum Gasteiger partial charge on any atom is -1.00 e. The molecule has 0 radical (unpaired) electrons. The molecule has 0 fully saturated rings. The molecule has 2 bridgehead atoms. The Kier molecular flexibility index (Phi) is 5.88. The van der Waals surface area contributed by atoms with Crippen LogP contribution in [0.2, 0.25) is 24.2 Å². The van der Waals surface area contributed by atoms with E-state index in [1.165, 1.54) is 17.2 Å². The second-order valence-corrected chi connectivity index (χ2v) is 42.6. The molecule has 142 valence electrons. The predicted molar refractivity (Wildman–Crippen MR) is 113 cm³/mol. The minimum atomic E-state index is -2.31. The van der Waals surface area contributed by atoms with Crippen molar-refractivity contribution < 1.29 is 42.3 Å². The molecule has 0 aromatic heterocycles. The Balaban J connectivity index is 0.000000961. The van der Waals surface area contributed by atoms with Gasteiger partial charge >= 0.3 is 161 Å². The molecule has 2 aromatic carbocycles. The fourth-order valence-corrected chi connectivity index (χ4v) is 85.8. The third-order valence-electron chi connectivity index (χ3n) is 7.43. The number of hydrogen-bond donors (Lipinski definition) is 0. The van der Waals surface area contributed by atoms with Crippen molar-refractivity contribution in [2.75, 3.05) is 0 Å². The monoisotopic (exact) mass is 516 g/mol. The van der Waals surface area contributed by atoms with E-state index in [1.54, 1.807) is 40.9 Å². The molecule has 2 aromatic rings. The average molecular weight is 519 g/mol. The molecule has 0 N–H and O–H groups in total. The van der Waals surface area contributed by atoms with Crippen LogP contribution in [-0.4, -0.2) is 10.9 Å². The van der Waals surface area contributed by atoms with Crippen molar-refractivity contribution in [2.45, 2.75) is 41.1 Å². The van der Waals surface area contributed by atoms with Crippen LogP contribution in [0, 0.1) is 0 Å². The summed E-state index contributed by atoms with van der Waals surface area (Å²) in [6.07, 6.45) is 11.4. The van der Waals surface area contributed by atoms with Gasteiger partial charge in [0.15, 0.2) is 0 Å². The second kappa shape index (κ2) is 7.82. The van der Waals surface area contributed by atoms with Gasteiger partial charge in [0.1, 0.15) is 0 Å². The molecule has 1 unspecified atom stereocenters. The Morgan fingerprint density at radius 3 is 2.32 bits per heavy atom. The molecule has 0 amide bonds. The van der Waals surface area contributed by atoms with Gasteiger partial charge in [-0.15, -0.1) is 0 Å². The quantitative estimate of drug-likeness (QED) is 0.503. The molecule has 2 heterocycles. The third kappa shape index (κ3) is 2.69. The van der Waals surface area contributed by atoms with Crippen molar-refractivity contribution in [2.24, 2.45) is 0 Å². The third-order valence-corrected chi connectivity index (χ3v) is 65.1. The maximum absolute atomic E-state index is 2.62. The first kappa shape index (κ1) is 21.1. The van der Waals surface area contributed by atoms with Gasteiger partial charge < -0.3 is 24.8 Å². The molecular weight excluding hydrogens is 495 g/mol. The summed E-state index contributed by atoms with van der Waals surface area (Å²) < 4.78 is 2.93. The molecule has 5 heteroatoms. The molecule has 0 nitrogen and oxygen atoms in total. The average Bonchev–Trinajstić information content (AvgIpc) is 3.43.